The van der Waals surface area contributed by atoms with Crippen molar-refractivity contribution in [1.82, 2.24) is 0 Å². The van der Waals surface area contributed by atoms with E-state index in [0.29, 0.717) is 6.42 Å². The number of hydrogen-bond acceptors (Lipinski definition) is 3. The second kappa shape index (κ2) is 6.69. The number of ether oxygens (including phenoxy) is 1. The zero-order chi connectivity index (χ0) is 16.2. The van der Waals surface area contributed by atoms with Crippen molar-refractivity contribution < 1.29 is 9.53 Å². The van der Waals surface area contributed by atoms with Crippen LogP contribution >= 0.6 is 0 Å². The normalized spacial score (nSPS) is 17.6. The number of carbonyl (C=O) groups excluding carboxylic acids is 1. The molecule has 3 rings (SSSR count). The number of carbonyl (C=O) groups is 1. The van der Waals surface area contributed by atoms with Crippen LogP contribution in [0.3, 0.4) is 0 Å². The highest BCUT2D eigenvalue weighted by atomic mass is 16.5. The van der Waals surface area contributed by atoms with Gasteiger partial charge in [0, 0.05) is 23.9 Å². The molecule has 118 valence electrons. The van der Waals surface area contributed by atoms with Gasteiger partial charge in [-0.1, -0.05) is 29.8 Å². The van der Waals surface area contributed by atoms with Crippen LogP contribution in [0.4, 0.5) is 5.69 Å². The van der Waals surface area contributed by atoms with Crippen LogP contribution in [0.5, 0.6) is 5.75 Å². The highest BCUT2D eigenvalue weighted by Gasteiger charge is 2.22. The molecule has 3 nitrogen and oxygen atoms in total. The lowest BCUT2D eigenvalue weighted by atomic mass is 9.85. The minimum Gasteiger partial charge on any atom is -0.497 e. The van der Waals surface area contributed by atoms with Gasteiger partial charge in [0.15, 0.2) is 5.78 Å². The number of nitrogens with one attached hydrogen (secondary N) is 1. The van der Waals surface area contributed by atoms with Crippen LogP contribution in [0, 0.1) is 6.92 Å². The first-order chi connectivity index (χ1) is 11.1. The fraction of sp³-hybridized carbons (Fsp3) is 0.250. The Morgan fingerprint density at radius 2 is 1.70 bits per heavy atom. The predicted octanol–water partition coefficient (Wildman–Crippen LogP) is 4.45. The molecular formula is C20H21NO2. The number of anilines is 1. The molecule has 0 amide bonds. The molecule has 2 aromatic rings. The Morgan fingerprint density at radius 3 is 2.35 bits per heavy atom. The zero-order valence-electron chi connectivity index (χ0n) is 13.5. The van der Waals surface area contributed by atoms with Crippen molar-refractivity contribution >= 4 is 11.5 Å². The monoisotopic (exact) mass is 307 g/mol. The zero-order valence-corrected chi connectivity index (χ0v) is 13.5. The van der Waals surface area contributed by atoms with Crippen molar-refractivity contribution in [2.75, 3.05) is 12.4 Å². The molecule has 0 unspecified atom stereocenters. The van der Waals surface area contributed by atoms with E-state index in [4.69, 9.17) is 4.74 Å². The molecule has 0 bridgehead atoms. The lowest BCUT2D eigenvalue weighted by molar-refractivity contribution is -0.115. The van der Waals surface area contributed by atoms with Crippen LogP contribution < -0.4 is 10.1 Å². The van der Waals surface area contributed by atoms with Crippen molar-refractivity contribution in [3.8, 4) is 5.75 Å². The highest BCUT2D eigenvalue weighted by Crippen LogP contribution is 2.32. The number of benzene rings is 2. The highest BCUT2D eigenvalue weighted by molar-refractivity contribution is 5.92. The number of ketones is 1. The fourth-order valence-corrected chi connectivity index (χ4v) is 2.91. The summed E-state index contributed by atoms with van der Waals surface area (Å²) < 4.78 is 5.20. The van der Waals surface area contributed by atoms with E-state index in [9.17, 15) is 4.79 Å². The van der Waals surface area contributed by atoms with Crippen LogP contribution in [-0.4, -0.2) is 12.9 Å². The maximum absolute atomic E-state index is 12.1. The molecule has 0 saturated heterocycles. The van der Waals surface area contributed by atoms with Crippen LogP contribution in [0.15, 0.2) is 60.3 Å². The van der Waals surface area contributed by atoms with Crippen molar-refractivity contribution in [3.63, 3.8) is 0 Å². The van der Waals surface area contributed by atoms with Crippen LogP contribution in [-0.2, 0) is 4.79 Å². The summed E-state index contributed by atoms with van der Waals surface area (Å²) in [5, 5.41) is 3.38. The summed E-state index contributed by atoms with van der Waals surface area (Å²) in [6.07, 6.45) is 3.14. The fourth-order valence-electron chi connectivity index (χ4n) is 2.91. The van der Waals surface area contributed by atoms with E-state index in [1.165, 1.54) is 11.1 Å². The molecule has 1 aliphatic carbocycles. The maximum atomic E-state index is 12.1. The third-order valence-electron chi connectivity index (χ3n) is 4.19. The maximum Gasteiger partial charge on any atom is 0.158 e. The van der Waals surface area contributed by atoms with Gasteiger partial charge in [-0.3, -0.25) is 4.79 Å². The van der Waals surface area contributed by atoms with Crippen molar-refractivity contribution in [2.45, 2.75) is 25.7 Å². The predicted molar refractivity (Wildman–Crippen MR) is 92.9 cm³/mol. The molecule has 0 heterocycles. The standard InChI is InChI=1S/C20H21NO2/c1-14-3-7-17(8-4-14)21-18-11-16(12-19(22)13-18)15-5-9-20(23-2)10-6-15/h3-10,13,16,21H,11-12H2,1-2H3/t16-/m0/s1. The Kier molecular flexibility index (Phi) is 4.47. The molecule has 2 aromatic carbocycles. The minimum absolute atomic E-state index is 0.173. The molecule has 0 fully saturated rings. The molecule has 1 atom stereocenters. The van der Waals surface area contributed by atoms with E-state index in [-0.39, 0.29) is 11.7 Å². The summed E-state index contributed by atoms with van der Waals surface area (Å²) in [4.78, 5) is 12.1. The molecule has 23 heavy (non-hydrogen) atoms. The molecule has 0 aliphatic heterocycles. The van der Waals surface area contributed by atoms with Gasteiger partial charge in [-0.05, 0) is 49.1 Å². The Labute approximate surface area is 137 Å². The van der Waals surface area contributed by atoms with E-state index in [0.717, 1.165) is 23.6 Å². The van der Waals surface area contributed by atoms with Gasteiger partial charge in [-0.2, -0.15) is 0 Å². The first kappa shape index (κ1) is 15.3. The molecule has 0 spiro atoms. The summed E-state index contributed by atoms with van der Waals surface area (Å²) in [5.74, 6) is 1.22. The smallest absolute Gasteiger partial charge is 0.158 e. The van der Waals surface area contributed by atoms with Crippen molar-refractivity contribution in [2.24, 2.45) is 0 Å². The van der Waals surface area contributed by atoms with Gasteiger partial charge in [-0.15, -0.1) is 0 Å². The van der Waals surface area contributed by atoms with Crippen LogP contribution in [0.25, 0.3) is 0 Å². The number of rotatable bonds is 4. The summed E-state index contributed by atoms with van der Waals surface area (Å²) >= 11 is 0. The Bertz CT molecular complexity index is 714. The summed E-state index contributed by atoms with van der Waals surface area (Å²) in [5.41, 5.74) is 4.40. The number of aryl methyl sites for hydroxylation is 1. The molecular weight excluding hydrogens is 286 g/mol. The molecule has 1 aliphatic rings. The van der Waals surface area contributed by atoms with Gasteiger partial charge in [0.05, 0.1) is 7.11 Å². The first-order valence-electron chi connectivity index (χ1n) is 7.85. The quantitative estimate of drug-likeness (QED) is 0.907. The average molecular weight is 307 g/mol. The lowest BCUT2D eigenvalue weighted by Crippen LogP contribution is -2.16. The topological polar surface area (TPSA) is 38.3 Å². The third kappa shape index (κ3) is 3.81. The lowest BCUT2D eigenvalue weighted by Gasteiger charge is -2.23. The molecule has 0 aromatic heterocycles. The van der Waals surface area contributed by atoms with E-state index in [2.05, 4.69) is 24.4 Å². The molecule has 0 radical (unpaired) electrons. The summed E-state index contributed by atoms with van der Waals surface area (Å²) in [7, 11) is 1.66. The Hall–Kier alpha value is -2.55. The second-order valence-electron chi connectivity index (χ2n) is 6.01. The largest absolute Gasteiger partial charge is 0.497 e. The minimum atomic E-state index is 0.173. The second-order valence-corrected chi connectivity index (χ2v) is 6.01. The van der Waals surface area contributed by atoms with E-state index in [1.807, 2.05) is 36.4 Å². The van der Waals surface area contributed by atoms with Gasteiger partial charge in [0.1, 0.15) is 5.75 Å². The average Bonchev–Trinajstić information content (AvgIpc) is 2.56. The molecule has 3 heteroatoms. The van der Waals surface area contributed by atoms with Gasteiger partial charge in [0.25, 0.3) is 0 Å². The van der Waals surface area contributed by atoms with Gasteiger partial charge in [0.2, 0.25) is 0 Å². The number of methoxy groups -OCH3 is 1. The van der Waals surface area contributed by atoms with Gasteiger partial charge in [-0.25, -0.2) is 0 Å². The number of allylic oxidation sites excluding steroid dienone is 2. The van der Waals surface area contributed by atoms with Gasteiger partial charge >= 0.3 is 0 Å². The summed E-state index contributed by atoms with van der Waals surface area (Å²) in [6.45, 7) is 2.06. The van der Waals surface area contributed by atoms with Crippen molar-refractivity contribution in [1.29, 1.82) is 0 Å². The van der Waals surface area contributed by atoms with E-state index < -0.39 is 0 Å². The van der Waals surface area contributed by atoms with Gasteiger partial charge < -0.3 is 10.1 Å². The van der Waals surface area contributed by atoms with Crippen LogP contribution in [0.2, 0.25) is 0 Å². The summed E-state index contributed by atoms with van der Waals surface area (Å²) in [6, 6.07) is 16.2. The Balaban J connectivity index is 1.74. The third-order valence-corrected chi connectivity index (χ3v) is 4.19. The first-order valence-corrected chi connectivity index (χ1v) is 7.85. The van der Waals surface area contributed by atoms with Crippen molar-refractivity contribution in [3.05, 3.63) is 71.4 Å². The van der Waals surface area contributed by atoms with E-state index >= 15 is 0 Å². The Morgan fingerprint density at radius 1 is 1.00 bits per heavy atom. The van der Waals surface area contributed by atoms with E-state index in [1.54, 1.807) is 13.2 Å². The van der Waals surface area contributed by atoms with Crippen LogP contribution in [0.1, 0.15) is 29.9 Å². The SMILES string of the molecule is COc1ccc([C@@H]2CC(=O)C=C(Nc3ccc(C)cc3)C2)cc1. The molecule has 1 N–H and O–H groups in total. The number of hydrogen-bond donors (Lipinski definition) is 1. The molecule has 0 saturated carbocycles.